The van der Waals surface area contributed by atoms with Crippen molar-refractivity contribution in [3.05, 3.63) is 29.8 Å². The predicted octanol–water partition coefficient (Wildman–Crippen LogP) is 1.93. The zero-order valence-electron chi connectivity index (χ0n) is 10.7. The Morgan fingerprint density at radius 2 is 1.68 bits per heavy atom. The summed E-state index contributed by atoms with van der Waals surface area (Å²) in [6, 6.07) is 5.58. The third-order valence-electron chi connectivity index (χ3n) is 2.35. The molecule has 0 bridgehead atoms. The number of alkyl halides is 3. The highest BCUT2D eigenvalue weighted by molar-refractivity contribution is 6.63. The van der Waals surface area contributed by atoms with E-state index in [-0.39, 0.29) is 10.8 Å². The lowest BCUT2D eigenvalue weighted by Crippen LogP contribution is -2.42. The van der Waals surface area contributed by atoms with Gasteiger partial charge in [-0.05, 0) is 13.8 Å². The molecule has 0 atom stereocenters. The number of benzene rings is 1. The van der Waals surface area contributed by atoms with Gasteiger partial charge in [0.05, 0.1) is 0 Å². The second-order valence-electron chi connectivity index (χ2n) is 3.66. The van der Waals surface area contributed by atoms with Crippen molar-refractivity contribution in [3.8, 4) is 0 Å². The molecule has 1 aromatic carbocycles. The monoisotopic (exact) mass is 292 g/mol. The SMILES string of the molecule is CCO[SiH](OCC)c1ccccc1C(=O)C(F)(F)F. The van der Waals surface area contributed by atoms with E-state index in [0.717, 1.165) is 6.07 Å². The number of rotatable bonds is 6. The Labute approximate surface area is 111 Å². The molecule has 7 heteroatoms. The van der Waals surface area contributed by atoms with Crippen LogP contribution in [-0.4, -0.2) is 34.5 Å². The highest BCUT2D eigenvalue weighted by atomic mass is 28.3. The van der Waals surface area contributed by atoms with E-state index in [4.69, 9.17) is 8.85 Å². The second-order valence-corrected chi connectivity index (χ2v) is 5.61. The molecule has 106 valence electrons. The van der Waals surface area contributed by atoms with Crippen molar-refractivity contribution in [2.45, 2.75) is 20.0 Å². The summed E-state index contributed by atoms with van der Waals surface area (Å²) in [5.74, 6) is -1.86. The molecule has 0 saturated heterocycles. The van der Waals surface area contributed by atoms with Gasteiger partial charge in [-0.3, -0.25) is 4.79 Å². The minimum Gasteiger partial charge on any atom is -0.394 e. The molecule has 3 nitrogen and oxygen atoms in total. The molecule has 0 fully saturated rings. The van der Waals surface area contributed by atoms with E-state index in [9.17, 15) is 18.0 Å². The number of ketones is 1. The first kappa shape index (κ1) is 15.9. The normalized spacial score (nSPS) is 11.9. The fourth-order valence-electron chi connectivity index (χ4n) is 1.59. The van der Waals surface area contributed by atoms with Crippen molar-refractivity contribution in [2.75, 3.05) is 13.2 Å². The Hall–Kier alpha value is -1.18. The van der Waals surface area contributed by atoms with Crippen LogP contribution in [0.15, 0.2) is 24.3 Å². The Balaban J connectivity index is 3.16. The van der Waals surface area contributed by atoms with Crippen LogP contribution in [0.1, 0.15) is 24.2 Å². The highest BCUT2D eigenvalue weighted by Crippen LogP contribution is 2.20. The lowest BCUT2D eigenvalue weighted by Gasteiger charge is -2.18. The molecular weight excluding hydrogens is 277 g/mol. The van der Waals surface area contributed by atoms with Gasteiger partial charge in [0, 0.05) is 24.0 Å². The second kappa shape index (κ2) is 6.83. The van der Waals surface area contributed by atoms with E-state index in [1.165, 1.54) is 12.1 Å². The first-order valence-corrected chi connectivity index (χ1v) is 7.37. The predicted molar refractivity (Wildman–Crippen MR) is 66.9 cm³/mol. The van der Waals surface area contributed by atoms with E-state index in [1.54, 1.807) is 19.9 Å². The molecule has 0 heterocycles. The van der Waals surface area contributed by atoms with Gasteiger partial charge in [0.2, 0.25) is 0 Å². The first-order chi connectivity index (χ1) is 8.91. The number of hydrogen-bond acceptors (Lipinski definition) is 3. The topological polar surface area (TPSA) is 35.5 Å². The van der Waals surface area contributed by atoms with Gasteiger partial charge in [-0.2, -0.15) is 13.2 Å². The number of Topliss-reactive ketones (excluding diaryl/α,β-unsaturated/α-hetero) is 1. The molecule has 1 rings (SSSR count). The van der Waals surface area contributed by atoms with Gasteiger partial charge in [0.25, 0.3) is 5.78 Å². The van der Waals surface area contributed by atoms with Crippen molar-refractivity contribution >= 4 is 20.3 Å². The zero-order valence-corrected chi connectivity index (χ0v) is 11.8. The van der Waals surface area contributed by atoms with Crippen LogP contribution in [0.5, 0.6) is 0 Å². The van der Waals surface area contributed by atoms with Crippen LogP contribution in [0, 0.1) is 0 Å². The minimum atomic E-state index is -4.90. The lowest BCUT2D eigenvalue weighted by molar-refractivity contribution is -0.0884. The van der Waals surface area contributed by atoms with E-state index in [2.05, 4.69) is 0 Å². The molecule has 0 aliphatic carbocycles. The van der Waals surface area contributed by atoms with Gasteiger partial charge in [-0.15, -0.1) is 0 Å². The van der Waals surface area contributed by atoms with Gasteiger partial charge in [0.15, 0.2) is 0 Å². The van der Waals surface area contributed by atoms with E-state index >= 15 is 0 Å². The zero-order chi connectivity index (χ0) is 14.5. The fraction of sp³-hybridized carbons (Fsp3) is 0.417. The molecular formula is C12H15F3O3Si. The van der Waals surface area contributed by atoms with Crippen LogP contribution >= 0.6 is 0 Å². The van der Waals surface area contributed by atoms with Crippen LogP contribution < -0.4 is 5.19 Å². The fourth-order valence-corrected chi connectivity index (χ4v) is 3.40. The van der Waals surface area contributed by atoms with Crippen molar-refractivity contribution in [2.24, 2.45) is 0 Å². The van der Waals surface area contributed by atoms with Crippen LogP contribution in [0.2, 0.25) is 0 Å². The lowest BCUT2D eigenvalue weighted by atomic mass is 10.1. The van der Waals surface area contributed by atoms with Gasteiger partial charge in [0.1, 0.15) is 0 Å². The summed E-state index contributed by atoms with van der Waals surface area (Å²) < 4.78 is 48.3. The van der Waals surface area contributed by atoms with Crippen LogP contribution in [0.3, 0.4) is 0 Å². The quantitative estimate of drug-likeness (QED) is 0.594. The van der Waals surface area contributed by atoms with Gasteiger partial charge in [-0.1, -0.05) is 24.3 Å². The summed E-state index contributed by atoms with van der Waals surface area (Å²) in [6.07, 6.45) is -4.90. The summed E-state index contributed by atoms with van der Waals surface area (Å²) in [7, 11) is -2.48. The van der Waals surface area contributed by atoms with E-state index in [0.29, 0.717) is 13.2 Å². The molecule has 0 N–H and O–H groups in total. The molecule has 19 heavy (non-hydrogen) atoms. The molecule has 0 radical (unpaired) electrons. The summed E-state index contributed by atoms with van der Waals surface area (Å²) >= 11 is 0. The third-order valence-corrected chi connectivity index (χ3v) is 4.64. The van der Waals surface area contributed by atoms with E-state index in [1.807, 2.05) is 0 Å². The maximum atomic E-state index is 12.5. The Bertz CT molecular complexity index is 428. The van der Waals surface area contributed by atoms with Gasteiger partial charge < -0.3 is 8.85 Å². The number of carbonyl (C=O) groups excluding carboxylic acids is 1. The van der Waals surface area contributed by atoms with Crippen molar-refractivity contribution in [3.63, 3.8) is 0 Å². The average Bonchev–Trinajstić information content (AvgIpc) is 2.36. The van der Waals surface area contributed by atoms with Crippen molar-refractivity contribution < 1.29 is 26.8 Å². The summed E-state index contributed by atoms with van der Waals surface area (Å²) in [5.41, 5.74) is -0.381. The molecule has 1 aromatic rings. The molecule has 0 aliphatic heterocycles. The largest absolute Gasteiger partial charge is 0.454 e. The Morgan fingerprint density at radius 1 is 1.16 bits per heavy atom. The average molecular weight is 292 g/mol. The van der Waals surface area contributed by atoms with Crippen molar-refractivity contribution in [1.82, 2.24) is 0 Å². The molecule has 0 aromatic heterocycles. The molecule has 0 saturated carbocycles. The third kappa shape index (κ3) is 4.15. The maximum Gasteiger partial charge on any atom is 0.454 e. The van der Waals surface area contributed by atoms with Crippen LogP contribution in [0.25, 0.3) is 0 Å². The Morgan fingerprint density at radius 3 is 2.16 bits per heavy atom. The highest BCUT2D eigenvalue weighted by Gasteiger charge is 2.41. The Kier molecular flexibility index (Phi) is 5.71. The summed E-state index contributed by atoms with van der Waals surface area (Å²) in [4.78, 5) is 11.4. The van der Waals surface area contributed by atoms with E-state index < -0.39 is 21.2 Å². The number of halogens is 3. The number of carbonyl (C=O) groups is 1. The van der Waals surface area contributed by atoms with Crippen LogP contribution in [-0.2, 0) is 8.85 Å². The summed E-state index contributed by atoms with van der Waals surface area (Å²) in [6.45, 7) is 4.11. The summed E-state index contributed by atoms with van der Waals surface area (Å²) in [5, 5.41) is 0.230. The van der Waals surface area contributed by atoms with Crippen molar-refractivity contribution in [1.29, 1.82) is 0 Å². The number of hydrogen-bond donors (Lipinski definition) is 0. The van der Waals surface area contributed by atoms with Crippen LogP contribution in [0.4, 0.5) is 13.2 Å². The maximum absolute atomic E-state index is 12.5. The molecule has 0 unspecified atom stereocenters. The minimum absolute atomic E-state index is 0.230. The van der Waals surface area contributed by atoms with Gasteiger partial charge in [-0.25, -0.2) is 0 Å². The molecule has 0 spiro atoms. The molecule has 0 amide bonds. The molecule has 0 aliphatic rings. The van der Waals surface area contributed by atoms with Gasteiger partial charge >= 0.3 is 15.5 Å². The first-order valence-electron chi connectivity index (χ1n) is 5.85. The smallest absolute Gasteiger partial charge is 0.394 e. The standard InChI is InChI=1S/C12H15F3O3Si/c1-3-17-19(18-4-2)10-8-6-5-7-9(10)11(16)12(13,14)15/h5-8,19H,3-4H2,1-2H3.